The number of phosphoric ester groups is 1. The molecule has 1 aliphatic rings. The Balaban J connectivity index is 2.35. The molecule has 21 heteroatoms. The molecule has 1 fully saturated rings. The highest BCUT2D eigenvalue weighted by atomic mass is 31.3. The van der Waals surface area contributed by atoms with E-state index in [0.717, 1.165) is 19.2 Å². The first-order valence-electron chi connectivity index (χ1n) is 8.63. The fourth-order valence-corrected chi connectivity index (χ4v) is 6.03. The van der Waals surface area contributed by atoms with Gasteiger partial charge < -0.3 is 29.4 Å². The topological polar surface area (TPSA) is 244 Å². The molecule has 3 unspecified atom stereocenters. The Morgan fingerprint density at radius 1 is 1.24 bits per heavy atom. The number of ether oxygens (including phenoxy) is 1. The first-order valence-corrected chi connectivity index (χ1v) is 13.1. The minimum absolute atomic E-state index is 0.440. The van der Waals surface area contributed by atoms with E-state index < -0.39 is 71.6 Å². The van der Waals surface area contributed by atoms with Gasteiger partial charge in [-0.2, -0.15) is 8.62 Å². The van der Waals surface area contributed by atoms with Crippen LogP contribution in [0.5, 0.6) is 0 Å². The number of aromatic nitrogens is 2. The molecule has 1 aromatic heterocycles. The highest BCUT2D eigenvalue weighted by Gasteiger charge is 2.60. The SMILES string of the molecule is C[C@@H](OP(=O)(O)OP(=O)(O)OP(=O)(O)O)[C@H]1O[C@@H](n2ccc(=O)[nH]c2=O)C(F)(C#CCF)[C@H]1O. The fourth-order valence-electron chi connectivity index (χ4n) is 2.83. The maximum absolute atomic E-state index is 15.6. The van der Waals surface area contributed by atoms with Crippen molar-refractivity contribution in [2.45, 2.75) is 37.1 Å². The largest absolute Gasteiger partial charge is 0.490 e. The lowest BCUT2D eigenvalue weighted by molar-refractivity contribution is -0.0781. The van der Waals surface area contributed by atoms with Crippen molar-refractivity contribution < 1.29 is 65.0 Å². The molecule has 2 heterocycles. The summed E-state index contributed by atoms with van der Waals surface area (Å²) in [4.78, 5) is 61.0. The molecule has 16 nitrogen and oxygen atoms in total. The number of aromatic amines is 1. The second-order valence-corrected chi connectivity index (χ2v) is 10.9. The third-order valence-corrected chi connectivity index (χ3v) is 7.94. The number of nitrogens with zero attached hydrogens (tertiary/aromatic N) is 1. The summed E-state index contributed by atoms with van der Waals surface area (Å²) < 4.78 is 79.5. The molecular formula is C13H17F2N2O14P3. The van der Waals surface area contributed by atoms with Gasteiger partial charge in [-0.25, -0.2) is 27.3 Å². The molecule has 192 valence electrons. The molecule has 0 spiro atoms. The first-order chi connectivity index (χ1) is 15.4. The van der Waals surface area contributed by atoms with Gasteiger partial charge in [0.1, 0.15) is 18.9 Å². The van der Waals surface area contributed by atoms with Crippen LogP contribution in [-0.4, -0.2) is 64.9 Å². The monoisotopic (exact) mass is 556 g/mol. The molecule has 0 aromatic carbocycles. The number of nitrogens with one attached hydrogen (secondary N) is 1. The summed E-state index contributed by atoms with van der Waals surface area (Å²) in [6, 6.07) is 0.781. The van der Waals surface area contributed by atoms with Crippen LogP contribution >= 0.6 is 23.5 Å². The number of rotatable bonds is 8. The van der Waals surface area contributed by atoms with E-state index in [9.17, 15) is 42.6 Å². The average molecular weight is 556 g/mol. The van der Waals surface area contributed by atoms with E-state index in [1.807, 2.05) is 0 Å². The third kappa shape index (κ3) is 6.98. The molecule has 1 saturated heterocycles. The lowest BCUT2D eigenvalue weighted by atomic mass is 9.94. The summed E-state index contributed by atoms with van der Waals surface area (Å²) in [7, 11) is -17.2. The Hall–Kier alpha value is -1.57. The summed E-state index contributed by atoms with van der Waals surface area (Å²) in [5.41, 5.74) is -5.35. The van der Waals surface area contributed by atoms with Gasteiger partial charge in [-0.05, 0) is 6.92 Å². The quantitative estimate of drug-likeness (QED) is 0.170. The third-order valence-electron chi connectivity index (χ3n) is 4.02. The number of phosphoric acid groups is 3. The van der Waals surface area contributed by atoms with Crippen LogP contribution in [0.25, 0.3) is 0 Å². The van der Waals surface area contributed by atoms with Crippen LogP contribution in [0, 0.1) is 11.8 Å². The highest BCUT2D eigenvalue weighted by Crippen LogP contribution is 2.66. The van der Waals surface area contributed by atoms with Gasteiger partial charge in [-0.3, -0.25) is 18.9 Å². The number of aliphatic hydroxyl groups excluding tert-OH is 1. The van der Waals surface area contributed by atoms with Crippen LogP contribution < -0.4 is 11.2 Å². The van der Waals surface area contributed by atoms with Crippen molar-refractivity contribution in [3.05, 3.63) is 33.1 Å². The summed E-state index contributed by atoms with van der Waals surface area (Å²) in [6.45, 7) is -0.513. The number of hydrogen-bond acceptors (Lipinski definition) is 10. The standard InChI is InChI=1S/C13H17F2N2O14P3/c1-7(29-33(24,25)31-34(26,27)30-32(21,22)23)9-10(19)13(15,4-2-5-14)11(28-9)17-6-3-8(18)16-12(17)20/h3,6-7,9-11,19H,5H2,1H3,(H,24,25)(H,26,27)(H,16,18,20)(H2,21,22,23)/t7-,9-,10+,11-,13?/m1/s1. The Kier molecular flexibility index (Phi) is 8.60. The smallest absolute Gasteiger partial charge is 0.386 e. The normalized spacial score (nSPS) is 29.5. The molecule has 0 amide bonds. The minimum Gasteiger partial charge on any atom is -0.386 e. The van der Waals surface area contributed by atoms with Crippen LogP contribution in [0.4, 0.5) is 8.78 Å². The molecule has 7 atom stereocenters. The zero-order valence-corrected chi connectivity index (χ0v) is 19.3. The first kappa shape index (κ1) is 28.7. The second kappa shape index (κ2) is 10.2. The van der Waals surface area contributed by atoms with E-state index in [1.54, 1.807) is 16.8 Å². The van der Waals surface area contributed by atoms with Gasteiger partial charge in [-0.15, -0.1) is 0 Å². The molecule has 1 aliphatic heterocycles. The zero-order chi connectivity index (χ0) is 26.1. The van der Waals surface area contributed by atoms with E-state index in [2.05, 4.69) is 13.1 Å². The molecule has 1 aromatic rings. The molecule has 34 heavy (non-hydrogen) atoms. The molecule has 2 rings (SSSR count). The van der Waals surface area contributed by atoms with Crippen molar-refractivity contribution >= 4 is 23.5 Å². The number of H-pyrrole nitrogens is 1. The number of aliphatic hydroxyl groups is 1. The zero-order valence-electron chi connectivity index (χ0n) is 16.6. The van der Waals surface area contributed by atoms with E-state index >= 15 is 4.39 Å². The molecule has 0 saturated carbocycles. The van der Waals surface area contributed by atoms with Gasteiger partial charge in [0.05, 0.1) is 6.10 Å². The van der Waals surface area contributed by atoms with Crippen molar-refractivity contribution in [2.75, 3.05) is 6.67 Å². The Morgan fingerprint density at radius 2 is 1.85 bits per heavy atom. The van der Waals surface area contributed by atoms with Crippen molar-refractivity contribution in [1.82, 2.24) is 9.55 Å². The van der Waals surface area contributed by atoms with Crippen molar-refractivity contribution in [2.24, 2.45) is 0 Å². The van der Waals surface area contributed by atoms with Crippen LogP contribution in [0.2, 0.25) is 0 Å². The summed E-state index contributed by atoms with van der Waals surface area (Å²) in [5.74, 6) is 3.43. The van der Waals surface area contributed by atoms with Gasteiger partial charge in [0, 0.05) is 12.3 Å². The summed E-state index contributed by atoms with van der Waals surface area (Å²) >= 11 is 0. The maximum atomic E-state index is 15.6. The Morgan fingerprint density at radius 3 is 2.38 bits per heavy atom. The van der Waals surface area contributed by atoms with E-state index in [1.165, 1.54) is 0 Å². The number of hydrogen-bond donors (Lipinski definition) is 6. The molecule has 0 aliphatic carbocycles. The van der Waals surface area contributed by atoms with Crippen molar-refractivity contribution in [1.29, 1.82) is 0 Å². The van der Waals surface area contributed by atoms with Gasteiger partial charge in [0.25, 0.3) is 5.56 Å². The molecule has 6 N–H and O–H groups in total. The van der Waals surface area contributed by atoms with Gasteiger partial charge in [-0.1, -0.05) is 11.8 Å². The van der Waals surface area contributed by atoms with Crippen molar-refractivity contribution in [3.8, 4) is 11.8 Å². The molecular weight excluding hydrogens is 539 g/mol. The second-order valence-electron chi connectivity index (χ2n) is 6.52. The fraction of sp³-hybridized carbons (Fsp3) is 0.538. The summed E-state index contributed by atoms with van der Waals surface area (Å²) in [5, 5.41) is 10.4. The van der Waals surface area contributed by atoms with Gasteiger partial charge in [0.2, 0.25) is 5.67 Å². The lowest BCUT2D eigenvalue weighted by Gasteiger charge is -2.25. The minimum atomic E-state index is -5.87. The van der Waals surface area contributed by atoms with E-state index in [-0.39, 0.29) is 0 Å². The van der Waals surface area contributed by atoms with Crippen LogP contribution in [0.1, 0.15) is 13.2 Å². The van der Waals surface area contributed by atoms with Gasteiger partial charge in [0.15, 0.2) is 6.23 Å². The molecule has 0 radical (unpaired) electrons. The Labute approximate surface area is 187 Å². The van der Waals surface area contributed by atoms with Crippen LogP contribution in [-0.2, 0) is 31.6 Å². The van der Waals surface area contributed by atoms with Crippen molar-refractivity contribution in [3.63, 3.8) is 0 Å². The van der Waals surface area contributed by atoms with E-state index in [0.29, 0.717) is 4.57 Å². The predicted octanol–water partition coefficient (Wildman–Crippen LogP) is -0.792. The van der Waals surface area contributed by atoms with Crippen LogP contribution in [0.15, 0.2) is 21.9 Å². The number of halogens is 2. The predicted molar refractivity (Wildman–Crippen MR) is 103 cm³/mol. The molecule has 0 bridgehead atoms. The van der Waals surface area contributed by atoms with Crippen LogP contribution in [0.3, 0.4) is 0 Å². The average Bonchev–Trinajstić information content (AvgIpc) is 2.88. The van der Waals surface area contributed by atoms with Gasteiger partial charge >= 0.3 is 29.2 Å². The lowest BCUT2D eigenvalue weighted by Crippen LogP contribution is -2.46. The van der Waals surface area contributed by atoms with E-state index in [4.69, 9.17) is 14.5 Å². The maximum Gasteiger partial charge on any atom is 0.490 e. The number of alkyl halides is 2. The summed E-state index contributed by atoms with van der Waals surface area (Å²) in [6.07, 6.45) is -7.68. The highest BCUT2D eigenvalue weighted by molar-refractivity contribution is 7.66. The Bertz CT molecular complexity index is 1240.